The Balaban J connectivity index is 1.61. The van der Waals surface area contributed by atoms with Crippen molar-refractivity contribution in [3.63, 3.8) is 0 Å². The maximum atomic E-state index is 13.6. The predicted molar refractivity (Wildman–Crippen MR) is 99.2 cm³/mol. The molecular weight excluding hydrogens is 357 g/mol. The van der Waals surface area contributed by atoms with Gasteiger partial charge in [0.25, 0.3) is 0 Å². The number of thioether (sulfide) groups is 1. The average molecular weight is 379 g/mol. The number of halogens is 1. The first-order valence-corrected chi connectivity index (χ1v) is 9.51. The van der Waals surface area contributed by atoms with E-state index in [1.54, 1.807) is 19.1 Å². The first kappa shape index (κ1) is 18.7. The van der Waals surface area contributed by atoms with Gasteiger partial charge < -0.3 is 15.0 Å². The van der Waals surface area contributed by atoms with Crippen LogP contribution >= 0.6 is 11.8 Å². The van der Waals surface area contributed by atoms with E-state index in [1.165, 1.54) is 17.8 Å². The number of carbonyl (C=O) groups excluding carboxylic acids is 1. The van der Waals surface area contributed by atoms with Crippen LogP contribution in [0.15, 0.2) is 23.4 Å². The number of amides is 1. The Morgan fingerprint density at radius 3 is 2.81 bits per heavy atom. The van der Waals surface area contributed by atoms with E-state index in [1.807, 2.05) is 11.5 Å². The molecule has 1 N–H and O–H groups in total. The Kier molecular flexibility index (Phi) is 6.10. The second-order valence-electron chi connectivity index (χ2n) is 5.93. The molecule has 0 radical (unpaired) electrons. The summed E-state index contributed by atoms with van der Waals surface area (Å²) in [6, 6.07) is 4.65. The molecule has 140 valence electrons. The molecule has 3 rings (SSSR count). The fraction of sp³-hybridized carbons (Fsp3) is 0.471. The van der Waals surface area contributed by atoms with E-state index in [2.05, 4.69) is 20.4 Å². The van der Waals surface area contributed by atoms with E-state index >= 15 is 0 Å². The van der Waals surface area contributed by atoms with Gasteiger partial charge in [-0.25, -0.2) is 4.39 Å². The lowest BCUT2D eigenvalue weighted by Crippen LogP contribution is -2.38. The first-order chi connectivity index (χ1) is 12.6. The van der Waals surface area contributed by atoms with Crippen LogP contribution in [-0.4, -0.2) is 52.7 Å². The lowest BCUT2D eigenvalue weighted by molar-refractivity contribution is -0.113. The highest BCUT2D eigenvalue weighted by Gasteiger charge is 2.20. The van der Waals surface area contributed by atoms with Crippen LogP contribution in [0.25, 0.3) is 0 Å². The number of rotatable bonds is 6. The van der Waals surface area contributed by atoms with Crippen LogP contribution in [0.1, 0.15) is 12.5 Å². The van der Waals surface area contributed by atoms with Gasteiger partial charge in [-0.15, -0.1) is 10.2 Å². The number of aryl methyl sites for hydroxylation is 1. The quantitative estimate of drug-likeness (QED) is 0.777. The van der Waals surface area contributed by atoms with E-state index in [9.17, 15) is 9.18 Å². The molecule has 0 bridgehead atoms. The standard InChI is InChI=1S/C17H22FN5O2S/c1-3-23-16(22-6-8-25-9-7-22)20-21-17(23)26-11-15(24)19-13-5-4-12(2)14(18)10-13/h4-5,10H,3,6-9,11H2,1-2H3,(H,19,24). The number of nitrogens with one attached hydrogen (secondary N) is 1. The number of morpholine rings is 1. The van der Waals surface area contributed by atoms with E-state index in [4.69, 9.17) is 4.74 Å². The van der Waals surface area contributed by atoms with E-state index < -0.39 is 0 Å². The molecule has 0 aliphatic carbocycles. The second kappa shape index (κ2) is 8.50. The van der Waals surface area contributed by atoms with Crippen molar-refractivity contribution in [3.8, 4) is 0 Å². The van der Waals surface area contributed by atoms with Crippen molar-refractivity contribution < 1.29 is 13.9 Å². The zero-order valence-electron chi connectivity index (χ0n) is 14.9. The van der Waals surface area contributed by atoms with E-state index in [0.717, 1.165) is 19.0 Å². The molecule has 1 aromatic carbocycles. The molecule has 7 nitrogen and oxygen atoms in total. The van der Waals surface area contributed by atoms with E-state index in [-0.39, 0.29) is 17.5 Å². The maximum absolute atomic E-state index is 13.6. The number of hydrogen-bond donors (Lipinski definition) is 1. The minimum absolute atomic E-state index is 0.177. The monoisotopic (exact) mass is 379 g/mol. The van der Waals surface area contributed by atoms with Crippen LogP contribution in [0.4, 0.5) is 16.0 Å². The summed E-state index contributed by atoms with van der Waals surface area (Å²) in [7, 11) is 0. The highest BCUT2D eigenvalue weighted by atomic mass is 32.2. The highest BCUT2D eigenvalue weighted by Crippen LogP contribution is 2.23. The van der Waals surface area contributed by atoms with Gasteiger partial charge in [-0.3, -0.25) is 9.36 Å². The molecule has 1 aliphatic rings. The Morgan fingerprint density at radius 1 is 1.35 bits per heavy atom. The SMILES string of the molecule is CCn1c(SCC(=O)Nc2ccc(C)c(F)c2)nnc1N1CCOCC1. The average Bonchev–Trinajstić information content (AvgIpc) is 3.07. The van der Waals surface area contributed by atoms with Gasteiger partial charge in [-0.1, -0.05) is 17.8 Å². The van der Waals surface area contributed by atoms with Gasteiger partial charge in [0.1, 0.15) is 5.82 Å². The van der Waals surface area contributed by atoms with Gasteiger partial charge in [-0.2, -0.15) is 0 Å². The molecule has 9 heteroatoms. The van der Waals surface area contributed by atoms with E-state index in [0.29, 0.717) is 36.2 Å². The topological polar surface area (TPSA) is 72.3 Å². The van der Waals surface area contributed by atoms with Crippen molar-refractivity contribution in [1.29, 1.82) is 0 Å². The molecule has 1 fully saturated rings. The number of hydrogen-bond acceptors (Lipinski definition) is 6. The summed E-state index contributed by atoms with van der Waals surface area (Å²) in [6.07, 6.45) is 0. The first-order valence-electron chi connectivity index (χ1n) is 8.53. The van der Waals surface area contributed by atoms with Crippen LogP contribution < -0.4 is 10.2 Å². The molecule has 2 heterocycles. The van der Waals surface area contributed by atoms with Gasteiger partial charge in [0, 0.05) is 25.3 Å². The normalized spacial score (nSPS) is 14.5. The highest BCUT2D eigenvalue weighted by molar-refractivity contribution is 7.99. The van der Waals surface area contributed by atoms with Crippen LogP contribution in [0.2, 0.25) is 0 Å². The number of aromatic nitrogens is 3. The Morgan fingerprint density at radius 2 is 2.12 bits per heavy atom. The summed E-state index contributed by atoms with van der Waals surface area (Å²) < 4.78 is 20.9. The van der Waals surface area contributed by atoms with Crippen LogP contribution in [0.5, 0.6) is 0 Å². The summed E-state index contributed by atoms with van der Waals surface area (Å²) in [5.41, 5.74) is 0.994. The van der Waals surface area contributed by atoms with Gasteiger partial charge in [0.2, 0.25) is 11.9 Å². The third-order valence-electron chi connectivity index (χ3n) is 4.10. The number of nitrogens with zero attached hydrogens (tertiary/aromatic N) is 4. The zero-order chi connectivity index (χ0) is 18.5. The second-order valence-corrected chi connectivity index (χ2v) is 6.87. The fourth-order valence-corrected chi connectivity index (χ4v) is 3.46. The fourth-order valence-electron chi connectivity index (χ4n) is 2.66. The molecule has 0 saturated carbocycles. The van der Waals surface area contributed by atoms with Crippen LogP contribution in [0.3, 0.4) is 0 Å². The maximum Gasteiger partial charge on any atom is 0.234 e. The number of carbonyl (C=O) groups is 1. The van der Waals surface area contributed by atoms with Gasteiger partial charge in [0.15, 0.2) is 5.16 Å². The van der Waals surface area contributed by atoms with Crippen LogP contribution in [0, 0.1) is 12.7 Å². The van der Waals surface area contributed by atoms with Crippen molar-refractivity contribution in [3.05, 3.63) is 29.6 Å². The van der Waals surface area contributed by atoms with Crippen molar-refractivity contribution in [2.45, 2.75) is 25.5 Å². The third kappa shape index (κ3) is 4.34. The molecule has 1 aromatic heterocycles. The third-order valence-corrected chi connectivity index (χ3v) is 5.06. The van der Waals surface area contributed by atoms with Crippen molar-refractivity contribution >= 4 is 29.3 Å². The minimum atomic E-state index is -0.337. The van der Waals surface area contributed by atoms with Crippen molar-refractivity contribution in [2.75, 3.05) is 42.3 Å². The van der Waals surface area contributed by atoms with Gasteiger partial charge in [-0.05, 0) is 31.5 Å². The summed E-state index contributed by atoms with van der Waals surface area (Å²) >= 11 is 1.32. The molecule has 2 aromatic rings. The molecule has 26 heavy (non-hydrogen) atoms. The number of benzene rings is 1. The summed E-state index contributed by atoms with van der Waals surface area (Å²) in [6.45, 7) is 7.33. The summed E-state index contributed by atoms with van der Waals surface area (Å²) in [4.78, 5) is 14.3. The number of ether oxygens (including phenoxy) is 1. The molecule has 1 aliphatic heterocycles. The van der Waals surface area contributed by atoms with Gasteiger partial charge >= 0.3 is 0 Å². The molecule has 0 spiro atoms. The predicted octanol–water partition coefficient (Wildman–Crippen LogP) is 2.31. The van der Waals surface area contributed by atoms with Crippen molar-refractivity contribution in [2.24, 2.45) is 0 Å². The van der Waals surface area contributed by atoms with Crippen molar-refractivity contribution in [1.82, 2.24) is 14.8 Å². The molecule has 0 atom stereocenters. The van der Waals surface area contributed by atoms with Gasteiger partial charge in [0.05, 0.1) is 19.0 Å². The molecule has 0 unspecified atom stereocenters. The van der Waals surface area contributed by atoms with Crippen LogP contribution in [-0.2, 0) is 16.1 Å². The molecular formula is C17H22FN5O2S. The Bertz CT molecular complexity index is 777. The number of anilines is 2. The summed E-state index contributed by atoms with van der Waals surface area (Å²) in [5.74, 6) is 0.434. The minimum Gasteiger partial charge on any atom is -0.378 e. The lowest BCUT2D eigenvalue weighted by atomic mass is 10.2. The Hall–Kier alpha value is -2.13. The molecule has 1 amide bonds. The smallest absolute Gasteiger partial charge is 0.234 e. The molecule has 1 saturated heterocycles. The largest absolute Gasteiger partial charge is 0.378 e. The zero-order valence-corrected chi connectivity index (χ0v) is 15.7. The Labute approximate surface area is 155 Å². The lowest BCUT2D eigenvalue weighted by Gasteiger charge is -2.27. The summed E-state index contributed by atoms with van der Waals surface area (Å²) in [5, 5.41) is 11.9.